The van der Waals surface area contributed by atoms with Crippen LogP contribution in [-0.2, 0) is 0 Å². The molecule has 3 rings (SSSR count). The summed E-state index contributed by atoms with van der Waals surface area (Å²) in [4.78, 5) is 15.8. The van der Waals surface area contributed by atoms with Crippen LogP contribution in [-0.4, -0.2) is 20.6 Å². The number of benzene rings is 2. The third-order valence-electron chi connectivity index (χ3n) is 3.43. The second kappa shape index (κ2) is 5.00. The molecule has 0 unspecified atom stereocenters. The van der Waals surface area contributed by atoms with Crippen LogP contribution in [0, 0.1) is 13.8 Å². The number of imidazole rings is 1. The van der Waals surface area contributed by atoms with E-state index in [1.54, 1.807) is 12.1 Å². The highest BCUT2D eigenvalue weighted by Gasteiger charge is 2.17. The molecular weight excluding hydrogens is 332 g/mol. The van der Waals surface area contributed by atoms with Gasteiger partial charge in [0.25, 0.3) is 0 Å². The second-order valence-electron chi connectivity index (χ2n) is 4.93. The number of fused-ring (bicyclic) bond motifs is 1. The molecule has 0 aliphatic rings. The van der Waals surface area contributed by atoms with Gasteiger partial charge in [-0.15, -0.1) is 0 Å². The number of halogens is 1. The fourth-order valence-electron chi connectivity index (χ4n) is 2.49. The highest BCUT2D eigenvalue weighted by atomic mass is 79.9. The van der Waals surface area contributed by atoms with Crippen molar-refractivity contribution in [3.63, 3.8) is 0 Å². The molecule has 5 heteroatoms. The van der Waals surface area contributed by atoms with Gasteiger partial charge in [-0.3, -0.25) is 4.57 Å². The number of hydrogen-bond donors (Lipinski definition) is 1. The van der Waals surface area contributed by atoms with Crippen LogP contribution in [0.3, 0.4) is 0 Å². The van der Waals surface area contributed by atoms with Crippen LogP contribution in [0.5, 0.6) is 0 Å². The minimum absolute atomic E-state index is 0.220. The first-order chi connectivity index (χ1) is 9.99. The zero-order valence-corrected chi connectivity index (χ0v) is 13.2. The van der Waals surface area contributed by atoms with Gasteiger partial charge in [0.15, 0.2) is 0 Å². The van der Waals surface area contributed by atoms with Crippen molar-refractivity contribution in [2.24, 2.45) is 0 Å². The molecule has 0 radical (unpaired) electrons. The minimum Gasteiger partial charge on any atom is -0.478 e. The monoisotopic (exact) mass is 344 g/mol. The van der Waals surface area contributed by atoms with Crippen molar-refractivity contribution in [1.29, 1.82) is 0 Å². The van der Waals surface area contributed by atoms with Crippen molar-refractivity contribution in [3.05, 3.63) is 57.8 Å². The zero-order valence-electron chi connectivity index (χ0n) is 11.6. The first kappa shape index (κ1) is 13.8. The summed E-state index contributed by atoms with van der Waals surface area (Å²) >= 11 is 3.55. The van der Waals surface area contributed by atoms with Crippen molar-refractivity contribution in [2.45, 2.75) is 13.8 Å². The molecule has 0 spiro atoms. The van der Waals surface area contributed by atoms with E-state index >= 15 is 0 Å². The predicted molar refractivity (Wildman–Crippen MR) is 85.2 cm³/mol. The van der Waals surface area contributed by atoms with E-state index in [1.165, 1.54) is 0 Å². The normalized spacial score (nSPS) is 11.0. The third-order valence-corrected chi connectivity index (χ3v) is 4.10. The lowest BCUT2D eigenvalue weighted by molar-refractivity contribution is 0.0699. The van der Waals surface area contributed by atoms with E-state index in [4.69, 9.17) is 0 Å². The topological polar surface area (TPSA) is 55.1 Å². The fraction of sp³-hybridized carbons (Fsp3) is 0.125. The summed E-state index contributed by atoms with van der Waals surface area (Å²) in [7, 11) is 0. The van der Waals surface area contributed by atoms with Gasteiger partial charge >= 0.3 is 5.97 Å². The highest BCUT2D eigenvalue weighted by molar-refractivity contribution is 9.10. The molecule has 21 heavy (non-hydrogen) atoms. The van der Waals surface area contributed by atoms with Crippen LogP contribution in [0.4, 0.5) is 0 Å². The molecule has 1 N–H and O–H groups in total. The molecule has 0 aliphatic heterocycles. The average Bonchev–Trinajstić information content (AvgIpc) is 2.77. The van der Waals surface area contributed by atoms with E-state index in [2.05, 4.69) is 20.9 Å². The van der Waals surface area contributed by atoms with Gasteiger partial charge in [-0.1, -0.05) is 12.1 Å². The van der Waals surface area contributed by atoms with Gasteiger partial charge in [0.2, 0.25) is 0 Å². The summed E-state index contributed by atoms with van der Waals surface area (Å²) in [5.74, 6) is -0.210. The Hall–Kier alpha value is -2.14. The molecule has 0 aliphatic carbocycles. The number of hydrogen-bond acceptors (Lipinski definition) is 2. The molecule has 0 amide bonds. The molecule has 2 aromatic carbocycles. The predicted octanol–water partition coefficient (Wildman–Crippen LogP) is 4.10. The molecule has 1 heterocycles. The number of aromatic carboxylic acids is 1. The quantitative estimate of drug-likeness (QED) is 0.761. The van der Waals surface area contributed by atoms with Crippen LogP contribution in [0.15, 0.2) is 40.9 Å². The van der Waals surface area contributed by atoms with Crippen molar-refractivity contribution >= 4 is 32.9 Å². The molecule has 0 saturated heterocycles. The first-order valence-corrected chi connectivity index (χ1v) is 7.26. The van der Waals surface area contributed by atoms with Crippen LogP contribution in [0.2, 0.25) is 0 Å². The Morgan fingerprint density at radius 2 is 2.00 bits per heavy atom. The van der Waals surface area contributed by atoms with Gasteiger partial charge in [0, 0.05) is 4.47 Å². The largest absolute Gasteiger partial charge is 0.478 e. The van der Waals surface area contributed by atoms with Crippen LogP contribution in [0.1, 0.15) is 21.7 Å². The lowest BCUT2D eigenvalue weighted by Crippen LogP contribution is -1.99. The van der Waals surface area contributed by atoms with E-state index in [0.29, 0.717) is 5.52 Å². The average molecular weight is 345 g/mol. The van der Waals surface area contributed by atoms with Crippen molar-refractivity contribution in [1.82, 2.24) is 9.55 Å². The highest BCUT2D eigenvalue weighted by Crippen LogP contribution is 2.29. The molecule has 3 aromatic rings. The summed E-state index contributed by atoms with van der Waals surface area (Å²) in [5.41, 5.74) is 3.61. The molecule has 106 valence electrons. The smallest absolute Gasteiger partial charge is 0.337 e. The second-order valence-corrected chi connectivity index (χ2v) is 5.78. The van der Waals surface area contributed by atoms with Gasteiger partial charge in [0.05, 0.1) is 16.8 Å². The number of carbonyl (C=O) groups is 1. The zero-order chi connectivity index (χ0) is 15.1. The van der Waals surface area contributed by atoms with Gasteiger partial charge in [-0.05, 0) is 59.6 Å². The molecule has 0 saturated carbocycles. The van der Waals surface area contributed by atoms with Gasteiger partial charge < -0.3 is 5.11 Å². The number of aryl methyl sites for hydroxylation is 2. The fourth-order valence-corrected chi connectivity index (χ4v) is 2.91. The summed E-state index contributed by atoms with van der Waals surface area (Å²) in [6.45, 7) is 3.90. The Kier molecular flexibility index (Phi) is 3.29. The summed E-state index contributed by atoms with van der Waals surface area (Å²) in [5, 5.41) is 9.29. The summed E-state index contributed by atoms with van der Waals surface area (Å²) in [6.07, 6.45) is 0. The van der Waals surface area contributed by atoms with E-state index in [-0.39, 0.29) is 5.56 Å². The Morgan fingerprint density at radius 1 is 1.24 bits per heavy atom. The molecule has 0 atom stereocenters. The van der Waals surface area contributed by atoms with Crippen LogP contribution >= 0.6 is 15.9 Å². The number of nitrogens with zero attached hydrogens (tertiary/aromatic N) is 2. The summed E-state index contributed by atoms with van der Waals surface area (Å²) < 4.78 is 2.91. The number of carboxylic acid groups (broad SMARTS) is 1. The summed E-state index contributed by atoms with van der Waals surface area (Å²) in [6, 6.07) is 11.3. The van der Waals surface area contributed by atoms with E-state index < -0.39 is 5.97 Å². The Labute approximate surface area is 130 Å². The lowest BCUT2D eigenvalue weighted by Gasteiger charge is -2.10. The SMILES string of the molecule is Cc1ccc(Br)c(-n2c(C)nc3c(C(=O)O)cccc32)c1. The minimum atomic E-state index is -0.964. The van der Waals surface area contributed by atoms with E-state index in [9.17, 15) is 9.90 Å². The van der Waals surface area contributed by atoms with Crippen LogP contribution in [0.25, 0.3) is 16.7 Å². The maximum Gasteiger partial charge on any atom is 0.337 e. The van der Waals surface area contributed by atoms with Gasteiger partial charge in [0.1, 0.15) is 11.3 Å². The maximum absolute atomic E-state index is 11.3. The van der Waals surface area contributed by atoms with E-state index in [0.717, 1.165) is 27.1 Å². The van der Waals surface area contributed by atoms with E-state index in [1.807, 2.05) is 42.7 Å². The molecule has 1 aromatic heterocycles. The van der Waals surface area contributed by atoms with Gasteiger partial charge in [-0.2, -0.15) is 0 Å². The van der Waals surface area contributed by atoms with Crippen molar-refractivity contribution < 1.29 is 9.90 Å². The Morgan fingerprint density at radius 3 is 2.71 bits per heavy atom. The van der Waals surface area contributed by atoms with Crippen molar-refractivity contribution in [2.75, 3.05) is 0 Å². The molecular formula is C16H13BrN2O2. The number of carboxylic acids is 1. The van der Waals surface area contributed by atoms with Crippen molar-refractivity contribution in [3.8, 4) is 5.69 Å². The number of rotatable bonds is 2. The van der Waals surface area contributed by atoms with Crippen LogP contribution < -0.4 is 0 Å². The standard InChI is InChI=1S/C16H13BrN2O2/c1-9-6-7-12(17)14(8-9)19-10(2)18-15-11(16(20)21)4-3-5-13(15)19/h3-8H,1-2H3,(H,20,21). The molecule has 0 fully saturated rings. The number of para-hydroxylation sites is 1. The third kappa shape index (κ3) is 2.23. The molecule has 4 nitrogen and oxygen atoms in total. The maximum atomic E-state index is 11.3. The lowest BCUT2D eigenvalue weighted by atomic mass is 10.1. The number of aromatic nitrogens is 2. The molecule has 0 bridgehead atoms. The Balaban J connectivity index is 2.38. The first-order valence-electron chi connectivity index (χ1n) is 6.47. The van der Waals surface area contributed by atoms with Gasteiger partial charge in [-0.25, -0.2) is 9.78 Å². The Bertz CT molecular complexity index is 868.